The predicted octanol–water partition coefficient (Wildman–Crippen LogP) is 4.72. The summed E-state index contributed by atoms with van der Waals surface area (Å²) in [6, 6.07) is 25.5. The van der Waals surface area contributed by atoms with Crippen molar-refractivity contribution in [3.05, 3.63) is 103 Å². The van der Waals surface area contributed by atoms with E-state index in [1.165, 1.54) is 0 Å². The molecule has 0 fully saturated rings. The molecular formula is C24H20BNO3. The molecule has 2 aliphatic rings. The van der Waals surface area contributed by atoms with Gasteiger partial charge < -0.3 is 19.7 Å². The third kappa shape index (κ3) is 2.87. The van der Waals surface area contributed by atoms with Crippen LogP contribution in [0.4, 0.5) is 11.4 Å². The van der Waals surface area contributed by atoms with Crippen LogP contribution in [0.5, 0.6) is 11.5 Å². The molecule has 0 spiro atoms. The summed E-state index contributed by atoms with van der Waals surface area (Å²) < 4.78 is 6.07. The monoisotopic (exact) mass is 381 g/mol. The Morgan fingerprint density at radius 1 is 0.793 bits per heavy atom. The first kappa shape index (κ1) is 17.8. The average Bonchev–Trinajstić information content (AvgIpc) is 2.78. The largest absolute Gasteiger partial charge is 0.484 e. The lowest BCUT2D eigenvalue weighted by molar-refractivity contribution is 0.358. The van der Waals surface area contributed by atoms with Crippen LogP contribution in [0.25, 0.3) is 5.57 Å². The fourth-order valence-corrected chi connectivity index (χ4v) is 4.11. The number of hydrogen-bond donors (Lipinski definition) is 2. The lowest BCUT2D eigenvalue weighted by Gasteiger charge is -2.46. The summed E-state index contributed by atoms with van der Waals surface area (Å²) in [6.45, 7) is 0. The highest BCUT2D eigenvalue weighted by atomic mass is 16.5. The molecule has 29 heavy (non-hydrogen) atoms. The molecule has 0 amide bonds. The van der Waals surface area contributed by atoms with E-state index in [2.05, 4.69) is 18.2 Å². The second kappa shape index (κ2) is 6.96. The van der Waals surface area contributed by atoms with Gasteiger partial charge in [0.05, 0.1) is 11.4 Å². The molecule has 0 radical (unpaired) electrons. The molecule has 4 nitrogen and oxygen atoms in total. The molecule has 5 rings (SSSR count). The van der Waals surface area contributed by atoms with Crippen molar-refractivity contribution in [1.29, 1.82) is 0 Å². The minimum atomic E-state index is -1.59. The summed E-state index contributed by atoms with van der Waals surface area (Å²) in [5.74, 6) is 1.38. The third-order valence-electron chi connectivity index (χ3n) is 5.60. The van der Waals surface area contributed by atoms with E-state index >= 15 is 0 Å². The van der Waals surface area contributed by atoms with Gasteiger partial charge in [0, 0.05) is 0 Å². The molecule has 0 saturated heterocycles. The highest BCUT2D eigenvalue weighted by molar-refractivity contribution is 6.48. The molecule has 3 aromatic rings. The Balaban J connectivity index is 1.64. The molecule has 0 saturated carbocycles. The SMILES string of the molecule is OB(O)C1(N2c3ccccc3Oc3ccccc32)C=CC(c2ccccc2)=CC1. The number of hydrogen-bond acceptors (Lipinski definition) is 4. The Morgan fingerprint density at radius 2 is 1.38 bits per heavy atom. The molecular weight excluding hydrogens is 361 g/mol. The summed E-state index contributed by atoms with van der Waals surface area (Å²) in [6.07, 6.45) is 6.38. The number of ether oxygens (including phenoxy) is 1. The smallest absolute Gasteiger partial charge is 0.453 e. The first-order chi connectivity index (χ1) is 14.2. The molecule has 1 atom stereocenters. The van der Waals surface area contributed by atoms with Crippen molar-refractivity contribution in [3.8, 4) is 11.5 Å². The van der Waals surface area contributed by atoms with Crippen molar-refractivity contribution < 1.29 is 14.8 Å². The topological polar surface area (TPSA) is 52.9 Å². The molecule has 1 unspecified atom stereocenters. The summed E-state index contributed by atoms with van der Waals surface area (Å²) in [5, 5.41) is 21.2. The molecule has 5 heteroatoms. The van der Waals surface area contributed by atoms with E-state index in [1.54, 1.807) is 0 Å². The van der Waals surface area contributed by atoms with Gasteiger partial charge in [0.15, 0.2) is 11.5 Å². The minimum Gasteiger partial charge on any atom is -0.453 e. The van der Waals surface area contributed by atoms with E-state index in [9.17, 15) is 10.0 Å². The summed E-state index contributed by atoms with van der Waals surface area (Å²) in [4.78, 5) is 1.99. The molecule has 1 heterocycles. The van der Waals surface area contributed by atoms with Crippen LogP contribution in [-0.4, -0.2) is 22.6 Å². The zero-order valence-corrected chi connectivity index (χ0v) is 15.8. The van der Waals surface area contributed by atoms with Crippen LogP contribution in [0.1, 0.15) is 12.0 Å². The molecule has 0 aromatic heterocycles. The zero-order chi connectivity index (χ0) is 19.8. The van der Waals surface area contributed by atoms with Gasteiger partial charge in [-0.3, -0.25) is 0 Å². The highest BCUT2D eigenvalue weighted by Crippen LogP contribution is 2.51. The van der Waals surface area contributed by atoms with E-state index in [4.69, 9.17) is 4.74 Å². The van der Waals surface area contributed by atoms with E-state index in [0.717, 1.165) is 22.5 Å². The number of anilines is 2. The fraction of sp³-hybridized carbons (Fsp3) is 0.0833. The van der Waals surface area contributed by atoms with Gasteiger partial charge in [0.2, 0.25) is 0 Å². The minimum absolute atomic E-state index is 0.439. The van der Waals surface area contributed by atoms with Gasteiger partial charge in [-0.05, 0) is 41.8 Å². The first-order valence-corrected chi connectivity index (χ1v) is 9.66. The summed E-state index contributed by atoms with van der Waals surface area (Å²) in [7, 11) is -1.59. The average molecular weight is 381 g/mol. The zero-order valence-electron chi connectivity index (χ0n) is 15.8. The van der Waals surface area contributed by atoms with Crippen LogP contribution >= 0.6 is 0 Å². The van der Waals surface area contributed by atoms with Crippen LogP contribution in [0.15, 0.2) is 97.1 Å². The number of fused-ring (bicyclic) bond motifs is 2. The molecule has 1 aliphatic carbocycles. The Bertz CT molecular complexity index is 1060. The summed E-state index contributed by atoms with van der Waals surface area (Å²) >= 11 is 0. The number of nitrogens with zero attached hydrogens (tertiary/aromatic N) is 1. The Hall–Kier alpha value is -3.28. The van der Waals surface area contributed by atoms with Crippen molar-refractivity contribution >= 4 is 24.1 Å². The first-order valence-electron chi connectivity index (χ1n) is 9.66. The van der Waals surface area contributed by atoms with Gasteiger partial charge in [-0.15, -0.1) is 0 Å². The van der Waals surface area contributed by atoms with Gasteiger partial charge in [0.1, 0.15) is 5.44 Å². The molecule has 142 valence electrons. The van der Waals surface area contributed by atoms with Crippen molar-refractivity contribution in [2.24, 2.45) is 0 Å². The third-order valence-corrected chi connectivity index (χ3v) is 5.60. The van der Waals surface area contributed by atoms with Gasteiger partial charge in [-0.2, -0.15) is 0 Å². The maximum absolute atomic E-state index is 10.6. The number of para-hydroxylation sites is 4. The number of allylic oxidation sites excluding steroid dienone is 2. The van der Waals surface area contributed by atoms with Gasteiger partial charge in [0.25, 0.3) is 0 Å². The molecule has 3 aromatic carbocycles. The van der Waals surface area contributed by atoms with Crippen LogP contribution in [0.3, 0.4) is 0 Å². The maximum Gasteiger partial charge on any atom is 0.484 e. The van der Waals surface area contributed by atoms with Crippen molar-refractivity contribution in [2.75, 3.05) is 4.90 Å². The van der Waals surface area contributed by atoms with Crippen LogP contribution in [-0.2, 0) is 0 Å². The Morgan fingerprint density at radius 3 is 1.93 bits per heavy atom. The van der Waals surface area contributed by atoms with Gasteiger partial charge in [-0.1, -0.05) is 72.8 Å². The van der Waals surface area contributed by atoms with Crippen LogP contribution in [0.2, 0.25) is 0 Å². The highest BCUT2D eigenvalue weighted by Gasteiger charge is 2.49. The van der Waals surface area contributed by atoms with E-state index in [-0.39, 0.29) is 0 Å². The molecule has 0 bridgehead atoms. The summed E-state index contributed by atoms with van der Waals surface area (Å²) in [5.41, 5.74) is 2.74. The lowest BCUT2D eigenvalue weighted by Crippen LogP contribution is -2.57. The van der Waals surface area contributed by atoms with Crippen LogP contribution < -0.4 is 9.64 Å². The Labute approximate surface area is 170 Å². The molecule has 1 aliphatic heterocycles. The maximum atomic E-state index is 10.6. The van der Waals surface area contributed by atoms with E-state index in [1.807, 2.05) is 83.8 Å². The standard InChI is InChI=1S/C24H20BNO3/c27-25(28)24(16-14-19(15-17-24)18-8-2-1-3-9-18)26-20-10-4-6-12-22(20)29-23-13-7-5-11-21(23)26/h1-16,27-28H,17H2. The normalized spacial score (nSPS) is 19.7. The van der Waals surface area contributed by atoms with Crippen molar-refractivity contribution in [2.45, 2.75) is 11.9 Å². The van der Waals surface area contributed by atoms with Gasteiger partial charge in [-0.25, -0.2) is 0 Å². The number of rotatable bonds is 3. The lowest BCUT2D eigenvalue weighted by atomic mass is 9.59. The van der Waals surface area contributed by atoms with E-state index < -0.39 is 12.6 Å². The van der Waals surface area contributed by atoms with Gasteiger partial charge >= 0.3 is 7.12 Å². The Kier molecular flexibility index (Phi) is 4.27. The van der Waals surface area contributed by atoms with E-state index in [0.29, 0.717) is 17.9 Å². The quantitative estimate of drug-likeness (QED) is 0.645. The predicted molar refractivity (Wildman–Crippen MR) is 116 cm³/mol. The van der Waals surface area contributed by atoms with Crippen molar-refractivity contribution in [3.63, 3.8) is 0 Å². The van der Waals surface area contributed by atoms with Crippen LogP contribution in [0, 0.1) is 0 Å². The fourth-order valence-electron chi connectivity index (χ4n) is 4.11. The molecule has 2 N–H and O–H groups in total. The van der Waals surface area contributed by atoms with Crippen molar-refractivity contribution in [1.82, 2.24) is 0 Å². The second-order valence-electron chi connectivity index (χ2n) is 7.30. The second-order valence-corrected chi connectivity index (χ2v) is 7.30. The number of benzene rings is 3.